The molecule has 4 heteroatoms. The van der Waals surface area contributed by atoms with Crippen LogP contribution >= 0.6 is 0 Å². The topological polar surface area (TPSA) is 39.1 Å². The Labute approximate surface area is 101 Å². The molecule has 1 aliphatic rings. The number of nitrogens with zero attached hydrogens (tertiary/aromatic N) is 2. The molecule has 0 bridgehead atoms. The van der Waals surface area contributed by atoms with E-state index in [0.29, 0.717) is 12.2 Å². The van der Waals surface area contributed by atoms with Gasteiger partial charge in [0.1, 0.15) is 11.4 Å². The van der Waals surface area contributed by atoms with Gasteiger partial charge in [0, 0.05) is 6.54 Å². The highest BCUT2D eigenvalue weighted by molar-refractivity contribution is 5.49. The van der Waals surface area contributed by atoms with Crippen molar-refractivity contribution in [3.63, 3.8) is 0 Å². The summed E-state index contributed by atoms with van der Waals surface area (Å²) >= 11 is 0. The lowest BCUT2D eigenvalue weighted by Crippen LogP contribution is -2.51. The third-order valence-corrected chi connectivity index (χ3v) is 3.15. The van der Waals surface area contributed by atoms with Gasteiger partial charge in [-0.25, -0.2) is 4.39 Å². The number of para-hydroxylation sites is 1. The number of rotatable bonds is 2. The second-order valence-corrected chi connectivity index (χ2v) is 4.64. The van der Waals surface area contributed by atoms with Gasteiger partial charge in [0.2, 0.25) is 0 Å². The Balaban J connectivity index is 2.20. The number of likely N-dealkylation sites (tertiary alicyclic amines) is 1. The monoisotopic (exact) mass is 233 g/mol. The largest absolute Gasteiger partial charge is 0.364 e. The molecule has 1 aromatic carbocycles. The minimum Gasteiger partial charge on any atom is -0.364 e. The van der Waals surface area contributed by atoms with Crippen LogP contribution in [0.2, 0.25) is 0 Å². The number of anilines is 1. The molecular formula is C13H16FN3. The van der Waals surface area contributed by atoms with Crippen LogP contribution in [-0.2, 0) is 0 Å². The summed E-state index contributed by atoms with van der Waals surface area (Å²) in [5.74, 6) is -0.310. The van der Waals surface area contributed by atoms with E-state index < -0.39 is 5.54 Å². The molecule has 2 rings (SSSR count). The van der Waals surface area contributed by atoms with Crippen LogP contribution in [-0.4, -0.2) is 30.6 Å². The number of hydrogen-bond donors (Lipinski definition) is 1. The van der Waals surface area contributed by atoms with Crippen LogP contribution in [0.25, 0.3) is 0 Å². The van der Waals surface area contributed by atoms with Crippen LogP contribution < -0.4 is 5.32 Å². The first-order valence-electron chi connectivity index (χ1n) is 5.78. The molecule has 1 aromatic rings. The lowest BCUT2D eigenvalue weighted by Gasteiger charge is -2.37. The Morgan fingerprint density at radius 2 is 2.24 bits per heavy atom. The average molecular weight is 233 g/mol. The van der Waals surface area contributed by atoms with E-state index in [9.17, 15) is 9.65 Å². The molecule has 0 aromatic heterocycles. The van der Waals surface area contributed by atoms with Crippen LogP contribution in [0.5, 0.6) is 0 Å². The number of nitriles is 1. The first-order chi connectivity index (χ1) is 8.15. The lowest BCUT2D eigenvalue weighted by molar-refractivity contribution is 0.227. The van der Waals surface area contributed by atoms with E-state index in [1.807, 2.05) is 7.05 Å². The smallest absolute Gasteiger partial charge is 0.146 e. The molecule has 1 unspecified atom stereocenters. The molecule has 1 atom stereocenters. The third-order valence-electron chi connectivity index (χ3n) is 3.15. The lowest BCUT2D eigenvalue weighted by atomic mass is 9.90. The van der Waals surface area contributed by atoms with E-state index in [1.165, 1.54) is 6.07 Å². The van der Waals surface area contributed by atoms with E-state index in [4.69, 9.17) is 0 Å². The van der Waals surface area contributed by atoms with Crippen molar-refractivity contribution in [1.82, 2.24) is 4.90 Å². The summed E-state index contributed by atoms with van der Waals surface area (Å²) < 4.78 is 13.6. The summed E-state index contributed by atoms with van der Waals surface area (Å²) in [6, 6.07) is 8.79. The van der Waals surface area contributed by atoms with E-state index >= 15 is 0 Å². The molecule has 90 valence electrons. The van der Waals surface area contributed by atoms with Crippen LogP contribution in [0.15, 0.2) is 24.3 Å². The highest BCUT2D eigenvalue weighted by Gasteiger charge is 2.34. The number of nitrogens with one attached hydrogen (secondary N) is 1. The number of piperidine rings is 1. The van der Waals surface area contributed by atoms with Crippen molar-refractivity contribution in [2.75, 3.05) is 25.5 Å². The molecule has 1 aliphatic heterocycles. The van der Waals surface area contributed by atoms with Crippen LogP contribution in [0.1, 0.15) is 12.8 Å². The number of hydrogen-bond acceptors (Lipinski definition) is 3. The molecule has 0 spiro atoms. The van der Waals surface area contributed by atoms with E-state index in [0.717, 1.165) is 19.4 Å². The molecule has 1 heterocycles. The van der Waals surface area contributed by atoms with Gasteiger partial charge >= 0.3 is 0 Å². The normalized spacial score (nSPS) is 25.2. The van der Waals surface area contributed by atoms with Gasteiger partial charge in [0.05, 0.1) is 11.8 Å². The maximum Gasteiger partial charge on any atom is 0.146 e. The molecule has 0 amide bonds. The molecule has 1 N–H and O–H groups in total. The minimum atomic E-state index is -0.671. The average Bonchev–Trinajstić information content (AvgIpc) is 2.32. The second kappa shape index (κ2) is 4.72. The van der Waals surface area contributed by atoms with Gasteiger partial charge in [-0.1, -0.05) is 12.1 Å². The van der Waals surface area contributed by atoms with Gasteiger partial charge in [-0.15, -0.1) is 0 Å². The molecular weight excluding hydrogens is 217 g/mol. The Bertz CT molecular complexity index is 441. The minimum absolute atomic E-state index is 0.310. The van der Waals surface area contributed by atoms with Gasteiger partial charge in [-0.05, 0) is 38.6 Å². The van der Waals surface area contributed by atoms with Crippen LogP contribution in [0.4, 0.5) is 10.1 Å². The summed E-state index contributed by atoms with van der Waals surface area (Å²) in [7, 11) is 1.98. The quantitative estimate of drug-likeness (QED) is 0.851. The fraction of sp³-hybridized carbons (Fsp3) is 0.462. The first-order valence-corrected chi connectivity index (χ1v) is 5.78. The van der Waals surface area contributed by atoms with Gasteiger partial charge < -0.3 is 10.2 Å². The Kier molecular flexibility index (Phi) is 3.30. The van der Waals surface area contributed by atoms with Gasteiger partial charge in [0.15, 0.2) is 0 Å². The predicted octanol–water partition coefficient (Wildman–Crippen LogP) is 2.23. The predicted molar refractivity (Wildman–Crippen MR) is 65.1 cm³/mol. The summed E-state index contributed by atoms with van der Waals surface area (Å²) in [5.41, 5.74) is -0.265. The van der Waals surface area contributed by atoms with Gasteiger partial charge in [-0.2, -0.15) is 5.26 Å². The van der Waals surface area contributed by atoms with Crippen molar-refractivity contribution in [3.05, 3.63) is 30.1 Å². The maximum atomic E-state index is 13.6. The summed E-state index contributed by atoms with van der Waals surface area (Å²) in [5, 5.41) is 12.4. The van der Waals surface area contributed by atoms with Crippen LogP contribution in [0.3, 0.4) is 0 Å². The Morgan fingerprint density at radius 1 is 1.47 bits per heavy atom. The third kappa shape index (κ3) is 2.56. The van der Waals surface area contributed by atoms with E-state index in [2.05, 4.69) is 16.3 Å². The zero-order chi connectivity index (χ0) is 12.3. The summed E-state index contributed by atoms with van der Waals surface area (Å²) in [6.07, 6.45) is 1.70. The highest BCUT2D eigenvalue weighted by atomic mass is 19.1. The fourth-order valence-corrected chi connectivity index (χ4v) is 2.31. The van der Waals surface area contributed by atoms with Crippen molar-refractivity contribution in [3.8, 4) is 6.07 Å². The summed E-state index contributed by atoms with van der Waals surface area (Å²) in [6.45, 7) is 1.61. The SMILES string of the molecule is CN1CCCC(C#N)(Nc2ccccc2F)C1. The highest BCUT2D eigenvalue weighted by Crippen LogP contribution is 2.26. The molecule has 3 nitrogen and oxygen atoms in total. The van der Waals surface area contributed by atoms with Crippen molar-refractivity contribution < 1.29 is 4.39 Å². The fourth-order valence-electron chi connectivity index (χ4n) is 2.31. The zero-order valence-electron chi connectivity index (χ0n) is 9.91. The number of likely N-dealkylation sites (N-methyl/N-ethyl adjacent to an activating group) is 1. The molecule has 1 saturated heterocycles. The van der Waals surface area contributed by atoms with Crippen molar-refractivity contribution in [2.45, 2.75) is 18.4 Å². The second-order valence-electron chi connectivity index (χ2n) is 4.64. The van der Waals surface area contributed by atoms with Crippen LogP contribution in [0, 0.1) is 17.1 Å². The Hall–Kier alpha value is -1.60. The van der Waals surface area contributed by atoms with E-state index in [-0.39, 0.29) is 5.82 Å². The molecule has 0 aliphatic carbocycles. The Morgan fingerprint density at radius 3 is 2.88 bits per heavy atom. The maximum absolute atomic E-state index is 13.6. The molecule has 17 heavy (non-hydrogen) atoms. The molecule has 1 fully saturated rings. The number of benzene rings is 1. The van der Waals surface area contributed by atoms with E-state index in [1.54, 1.807) is 18.2 Å². The molecule has 0 saturated carbocycles. The number of halogens is 1. The first kappa shape index (κ1) is 11.9. The van der Waals surface area contributed by atoms with Crippen molar-refractivity contribution >= 4 is 5.69 Å². The summed E-state index contributed by atoms with van der Waals surface area (Å²) in [4.78, 5) is 2.10. The van der Waals surface area contributed by atoms with Gasteiger partial charge in [-0.3, -0.25) is 0 Å². The standard InChI is InChI=1S/C13H16FN3/c1-17-8-4-7-13(9-15,10-17)16-12-6-3-2-5-11(12)14/h2-3,5-6,16H,4,7-8,10H2,1H3. The zero-order valence-corrected chi connectivity index (χ0v) is 9.91. The van der Waals surface area contributed by atoms with Crippen molar-refractivity contribution in [2.24, 2.45) is 0 Å². The van der Waals surface area contributed by atoms with Gasteiger partial charge in [0.25, 0.3) is 0 Å². The molecule has 0 radical (unpaired) electrons. The van der Waals surface area contributed by atoms with Crippen molar-refractivity contribution in [1.29, 1.82) is 5.26 Å².